The van der Waals surface area contributed by atoms with Crippen molar-refractivity contribution in [2.45, 2.75) is 18.6 Å². The Morgan fingerprint density at radius 1 is 1.00 bits per heavy atom. The fraction of sp³-hybridized carbons (Fsp3) is 0.250. The standard InChI is InChI=1S/C16H16Cl2O2S/c1-2-11-21(19,20)16(12-7-9-13(17)10-8-12)14-5-3-4-6-15(14)18/h3-10,16H,2,11H2,1H3. The van der Waals surface area contributed by atoms with Crippen LogP contribution in [0.15, 0.2) is 48.5 Å². The molecule has 2 aromatic rings. The molecule has 5 heteroatoms. The molecule has 0 aromatic heterocycles. The van der Waals surface area contributed by atoms with E-state index < -0.39 is 15.1 Å². The summed E-state index contributed by atoms with van der Waals surface area (Å²) in [4.78, 5) is 0. The molecule has 0 aliphatic heterocycles. The van der Waals surface area contributed by atoms with Crippen molar-refractivity contribution in [2.75, 3.05) is 5.75 Å². The smallest absolute Gasteiger partial charge is 0.161 e. The molecule has 0 bridgehead atoms. The van der Waals surface area contributed by atoms with Crippen LogP contribution in [0, 0.1) is 0 Å². The number of sulfone groups is 1. The Kier molecular flexibility index (Phi) is 5.31. The average Bonchev–Trinajstić information content (AvgIpc) is 2.43. The molecule has 0 fully saturated rings. The van der Waals surface area contributed by atoms with Crippen LogP contribution in [0.25, 0.3) is 0 Å². The van der Waals surface area contributed by atoms with Gasteiger partial charge >= 0.3 is 0 Å². The number of rotatable bonds is 5. The molecule has 21 heavy (non-hydrogen) atoms. The molecule has 1 atom stereocenters. The average molecular weight is 343 g/mol. The van der Waals surface area contributed by atoms with E-state index in [0.29, 0.717) is 27.6 Å². The molecule has 0 aliphatic rings. The van der Waals surface area contributed by atoms with Crippen LogP contribution >= 0.6 is 23.2 Å². The van der Waals surface area contributed by atoms with Crippen LogP contribution in [0.1, 0.15) is 29.7 Å². The van der Waals surface area contributed by atoms with Gasteiger partial charge in [-0.25, -0.2) is 8.42 Å². The van der Waals surface area contributed by atoms with Crippen LogP contribution in [-0.4, -0.2) is 14.2 Å². The van der Waals surface area contributed by atoms with Gasteiger partial charge in [-0.3, -0.25) is 0 Å². The van der Waals surface area contributed by atoms with Gasteiger partial charge in [0.15, 0.2) is 9.84 Å². The molecule has 0 aliphatic carbocycles. The monoisotopic (exact) mass is 342 g/mol. The van der Waals surface area contributed by atoms with Gasteiger partial charge in [-0.1, -0.05) is 60.5 Å². The zero-order valence-electron chi connectivity index (χ0n) is 11.6. The molecular formula is C16H16Cl2O2S. The molecule has 1 unspecified atom stereocenters. The summed E-state index contributed by atoms with van der Waals surface area (Å²) in [5.74, 6) is 0.117. The summed E-state index contributed by atoms with van der Waals surface area (Å²) >= 11 is 12.1. The Morgan fingerprint density at radius 2 is 1.62 bits per heavy atom. The summed E-state index contributed by atoms with van der Waals surface area (Å²) in [6, 6.07) is 13.9. The van der Waals surface area contributed by atoms with E-state index in [1.54, 1.807) is 48.5 Å². The first kappa shape index (κ1) is 16.3. The van der Waals surface area contributed by atoms with Crippen LogP contribution in [0.2, 0.25) is 10.0 Å². The van der Waals surface area contributed by atoms with Gasteiger partial charge in [-0.2, -0.15) is 0 Å². The van der Waals surface area contributed by atoms with Crippen LogP contribution in [0.4, 0.5) is 0 Å². The van der Waals surface area contributed by atoms with Crippen molar-refractivity contribution in [3.63, 3.8) is 0 Å². The highest BCUT2D eigenvalue weighted by Crippen LogP contribution is 2.35. The van der Waals surface area contributed by atoms with Crippen molar-refractivity contribution in [1.82, 2.24) is 0 Å². The first-order chi connectivity index (χ1) is 9.95. The number of halogens is 2. The molecular weight excluding hydrogens is 327 g/mol. The maximum absolute atomic E-state index is 12.7. The molecule has 0 spiro atoms. The maximum atomic E-state index is 12.7. The molecule has 0 radical (unpaired) electrons. The van der Waals surface area contributed by atoms with Gasteiger partial charge in [0.2, 0.25) is 0 Å². The Morgan fingerprint density at radius 3 is 2.19 bits per heavy atom. The minimum absolute atomic E-state index is 0.117. The van der Waals surface area contributed by atoms with Crippen LogP contribution < -0.4 is 0 Å². The van der Waals surface area contributed by atoms with Gasteiger partial charge in [0.05, 0.1) is 5.75 Å². The Hall–Kier alpha value is -1.03. The van der Waals surface area contributed by atoms with E-state index in [0.717, 1.165) is 0 Å². The molecule has 0 N–H and O–H groups in total. The predicted molar refractivity (Wildman–Crippen MR) is 88.8 cm³/mol. The summed E-state index contributed by atoms with van der Waals surface area (Å²) in [5.41, 5.74) is 1.29. The van der Waals surface area contributed by atoms with E-state index in [1.807, 2.05) is 6.92 Å². The highest BCUT2D eigenvalue weighted by atomic mass is 35.5. The highest BCUT2D eigenvalue weighted by molar-refractivity contribution is 7.91. The second-order valence-electron chi connectivity index (χ2n) is 4.82. The summed E-state index contributed by atoms with van der Waals surface area (Å²) < 4.78 is 25.4. The number of hydrogen-bond donors (Lipinski definition) is 0. The largest absolute Gasteiger partial charge is 0.228 e. The topological polar surface area (TPSA) is 34.1 Å². The second-order valence-corrected chi connectivity index (χ2v) is 7.87. The van der Waals surface area contributed by atoms with Gasteiger partial charge in [0.1, 0.15) is 5.25 Å². The minimum atomic E-state index is -3.34. The van der Waals surface area contributed by atoms with Crippen LogP contribution in [0.5, 0.6) is 0 Å². The number of benzene rings is 2. The highest BCUT2D eigenvalue weighted by Gasteiger charge is 2.29. The predicted octanol–water partition coefficient (Wildman–Crippen LogP) is 4.91. The fourth-order valence-corrected chi connectivity index (χ4v) is 4.71. The zero-order valence-corrected chi connectivity index (χ0v) is 13.9. The van der Waals surface area contributed by atoms with Crippen molar-refractivity contribution in [3.8, 4) is 0 Å². The molecule has 2 aromatic carbocycles. The summed E-state index contributed by atoms with van der Waals surface area (Å²) in [5, 5.41) is 0.269. The first-order valence-electron chi connectivity index (χ1n) is 6.67. The summed E-state index contributed by atoms with van der Waals surface area (Å²) in [6.07, 6.45) is 0.566. The molecule has 0 amide bonds. The third-order valence-corrected chi connectivity index (χ3v) is 6.03. The Bertz CT molecular complexity index is 709. The fourth-order valence-electron chi connectivity index (χ4n) is 2.31. The van der Waals surface area contributed by atoms with Crippen LogP contribution in [0.3, 0.4) is 0 Å². The van der Waals surface area contributed by atoms with Gasteiger partial charge < -0.3 is 0 Å². The van der Waals surface area contributed by atoms with Gasteiger partial charge in [-0.05, 0) is 35.7 Å². The lowest BCUT2D eigenvalue weighted by Crippen LogP contribution is -2.18. The lowest BCUT2D eigenvalue weighted by molar-refractivity contribution is 0.587. The number of hydrogen-bond acceptors (Lipinski definition) is 2. The summed E-state index contributed by atoms with van der Waals surface area (Å²) in [6.45, 7) is 1.85. The van der Waals surface area contributed by atoms with E-state index in [4.69, 9.17) is 23.2 Å². The lowest BCUT2D eigenvalue weighted by atomic mass is 10.0. The molecule has 0 saturated heterocycles. The van der Waals surface area contributed by atoms with E-state index in [9.17, 15) is 8.42 Å². The Labute approximate surface area is 135 Å². The van der Waals surface area contributed by atoms with E-state index >= 15 is 0 Å². The van der Waals surface area contributed by atoms with Crippen molar-refractivity contribution < 1.29 is 8.42 Å². The SMILES string of the molecule is CCCS(=O)(=O)C(c1ccc(Cl)cc1)c1ccccc1Cl. The molecule has 0 saturated carbocycles. The lowest BCUT2D eigenvalue weighted by Gasteiger charge is -2.19. The second kappa shape index (κ2) is 6.82. The first-order valence-corrected chi connectivity index (χ1v) is 9.14. The maximum Gasteiger partial charge on any atom is 0.161 e. The third kappa shape index (κ3) is 3.79. The van der Waals surface area contributed by atoms with E-state index in [2.05, 4.69) is 0 Å². The van der Waals surface area contributed by atoms with Gasteiger partial charge in [-0.15, -0.1) is 0 Å². The quantitative estimate of drug-likeness (QED) is 0.773. The molecule has 112 valence electrons. The molecule has 0 heterocycles. The van der Waals surface area contributed by atoms with E-state index in [1.165, 1.54) is 0 Å². The molecule has 2 nitrogen and oxygen atoms in total. The van der Waals surface area contributed by atoms with Crippen molar-refractivity contribution in [2.24, 2.45) is 0 Å². The van der Waals surface area contributed by atoms with Crippen molar-refractivity contribution in [1.29, 1.82) is 0 Å². The normalized spacial score (nSPS) is 13.1. The molecule has 2 rings (SSSR count). The third-order valence-electron chi connectivity index (χ3n) is 3.21. The Balaban J connectivity index is 2.60. The minimum Gasteiger partial charge on any atom is -0.228 e. The van der Waals surface area contributed by atoms with Crippen molar-refractivity contribution in [3.05, 3.63) is 69.7 Å². The van der Waals surface area contributed by atoms with E-state index in [-0.39, 0.29) is 5.75 Å². The zero-order chi connectivity index (χ0) is 15.5. The van der Waals surface area contributed by atoms with Crippen LogP contribution in [-0.2, 0) is 9.84 Å². The van der Waals surface area contributed by atoms with Gasteiger partial charge in [0, 0.05) is 10.0 Å². The van der Waals surface area contributed by atoms with Gasteiger partial charge in [0.25, 0.3) is 0 Å². The van der Waals surface area contributed by atoms with Crippen molar-refractivity contribution >= 4 is 33.0 Å². The summed E-state index contributed by atoms with van der Waals surface area (Å²) in [7, 11) is -3.34.